The van der Waals surface area contributed by atoms with Gasteiger partial charge in [0.05, 0.1) is 7.11 Å². The van der Waals surface area contributed by atoms with E-state index < -0.39 is 18.3 Å². The SMILES string of the molecule is COC(=O)CN(C)C(=O)c1ccc(-c2noc(C(F)F)n2)cc1. The largest absolute Gasteiger partial charge is 0.468 e. The number of amides is 1. The maximum atomic E-state index is 12.4. The van der Waals surface area contributed by atoms with Crippen LogP contribution in [-0.2, 0) is 9.53 Å². The van der Waals surface area contributed by atoms with Crippen molar-refractivity contribution in [2.45, 2.75) is 6.43 Å². The van der Waals surface area contributed by atoms with Crippen molar-refractivity contribution in [1.82, 2.24) is 15.0 Å². The Hall–Kier alpha value is -2.84. The van der Waals surface area contributed by atoms with Crippen LogP contribution in [0.15, 0.2) is 28.8 Å². The van der Waals surface area contributed by atoms with E-state index in [1.807, 2.05) is 0 Å². The number of benzene rings is 1. The summed E-state index contributed by atoms with van der Waals surface area (Å²) in [4.78, 5) is 28.0. The number of carbonyl (C=O) groups excluding carboxylic acids is 2. The number of carbonyl (C=O) groups is 2. The number of ether oxygens (including phenoxy) is 1. The minimum atomic E-state index is -2.84. The van der Waals surface area contributed by atoms with Gasteiger partial charge in [0.15, 0.2) is 0 Å². The van der Waals surface area contributed by atoms with Crippen molar-refractivity contribution in [1.29, 1.82) is 0 Å². The Morgan fingerprint density at radius 2 is 1.96 bits per heavy atom. The first-order valence-corrected chi connectivity index (χ1v) is 6.47. The first kappa shape index (κ1) is 16.5. The number of hydrogen-bond donors (Lipinski definition) is 0. The summed E-state index contributed by atoms with van der Waals surface area (Å²) in [6, 6.07) is 5.95. The van der Waals surface area contributed by atoms with Crippen LogP contribution in [0.5, 0.6) is 0 Å². The molecule has 0 radical (unpaired) electrons. The summed E-state index contributed by atoms with van der Waals surface area (Å²) in [5.74, 6) is -1.69. The summed E-state index contributed by atoms with van der Waals surface area (Å²) in [5, 5.41) is 3.45. The van der Waals surface area contributed by atoms with Crippen molar-refractivity contribution in [2.24, 2.45) is 0 Å². The van der Waals surface area contributed by atoms with Gasteiger partial charge in [-0.25, -0.2) is 0 Å². The Morgan fingerprint density at radius 1 is 1.30 bits per heavy atom. The highest BCUT2D eigenvalue weighted by atomic mass is 19.3. The molecule has 0 saturated carbocycles. The molecule has 0 aliphatic heterocycles. The lowest BCUT2D eigenvalue weighted by molar-refractivity contribution is -0.141. The van der Waals surface area contributed by atoms with Gasteiger partial charge in [0, 0.05) is 18.2 Å². The van der Waals surface area contributed by atoms with Crippen molar-refractivity contribution in [3.05, 3.63) is 35.7 Å². The van der Waals surface area contributed by atoms with Crippen LogP contribution in [0, 0.1) is 0 Å². The Balaban J connectivity index is 2.12. The molecule has 122 valence electrons. The summed E-state index contributed by atoms with van der Waals surface area (Å²) in [7, 11) is 2.69. The average Bonchev–Trinajstić information content (AvgIpc) is 3.04. The van der Waals surface area contributed by atoms with Crippen LogP contribution in [-0.4, -0.2) is 47.6 Å². The monoisotopic (exact) mass is 325 g/mol. The lowest BCUT2D eigenvalue weighted by atomic mass is 10.1. The molecule has 1 aromatic heterocycles. The van der Waals surface area contributed by atoms with Crippen molar-refractivity contribution in [3.8, 4) is 11.4 Å². The van der Waals surface area contributed by atoms with Gasteiger partial charge in [0.2, 0.25) is 5.82 Å². The zero-order chi connectivity index (χ0) is 17.0. The fourth-order valence-electron chi connectivity index (χ4n) is 1.75. The van der Waals surface area contributed by atoms with Crippen LogP contribution in [0.2, 0.25) is 0 Å². The van der Waals surface area contributed by atoms with Crippen molar-refractivity contribution < 1.29 is 27.6 Å². The fraction of sp³-hybridized carbons (Fsp3) is 0.286. The second kappa shape index (κ2) is 6.95. The van der Waals surface area contributed by atoms with Gasteiger partial charge in [-0.15, -0.1) is 0 Å². The number of hydrogen-bond acceptors (Lipinski definition) is 6. The Labute approximate surface area is 129 Å². The molecule has 0 fully saturated rings. The summed E-state index contributed by atoms with van der Waals surface area (Å²) in [5.41, 5.74) is 0.741. The molecule has 0 bridgehead atoms. The summed E-state index contributed by atoms with van der Waals surface area (Å²) >= 11 is 0. The average molecular weight is 325 g/mol. The third-order valence-electron chi connectivity index (χ3n) is 2.96. The number of rotatable bonds is 5. The third-order valence-corrected chi connectivity index (χ3v) is 2.96. The summed E-state index contributed by atoms with van der Waals surface area (Å²) in [6.45, 7) is -0.181. The highest BCUT2D eigenvalue weighted by molar-refractivity contribution is 5.96. The number of halogens is 2. The van der Waals surface area contributed by atoms with Gasteiger partial charge in [-0.05, 0) is 12.1 Å². The first-order chi connectivity index (χ1) is 10.9. The van der Waals surface area contributed by atoms with Gasteiger partial charge in [0.25, 0.3) is 11.8 Å². The lowest BCUT2D eigenvalue weighted by Crippen LogP contribution is -2.32. The van der Waals surface area contributed by atoms with Crippen LogP contribution in [0.3, 0.4) is 0 Å². The quantitative estimate of drug-likeness (QED) is 0.781. The molecule has 0 unspecified atom stereocenters. The molecule has 0 atom stereocenters. The van der Waals surface area contributed by atoms with Gasteiger partial charge >= 0.3 is 12.4 Å². The van der Waals surface area contributed by atoms with E-state index in [0.717, 1.165) is 0 Å². The van der Waals surface area contributed by atoms with Crippen LogP contribution in [0.1, 0.15) is 22.7 Å². The summed E-state index contributed by atoms with van der Waals surface area (Å²) in [6.07, 6.45) is -2.84. The normalized spacial score (nSPS) is 10.7. The van der Waals surface area contributed by atoms with Crippen LogP contribution >= 0.6 is 0 Å². The number of nitrogens with zero attached hydrogens (tertiary/aromatic N) is 3. The molecule has 23 heavy (non-hydrogen) atoms. The van der Waals surface area contributed by atoms with E-state index in [4.69, 9.17) is 0 Å². The van der Waals surface area contributed by atoms with Gasteiger partial charge < -0.3 is 14.2 Å². The fourth-order valence-corrected chi connectivity index (χ4v) is 1.75. The van der Waals surface area contributed by atoms with Gasteiger partial charge in [-0.3, -0.25) is 9.59 Å². The van der Waals surface area contributed by atoms with Crippen LogP contribution < -0.4 is 0 Å². The van der Waals surface area contributed by atoms with E-state index in [0.29, 0.717) is 11.1 Å². The topological polar surface area (TPSA) is 85.5 Å². The van der Waals surface area contributed by atoms with Crippen molar-refractivity contribution in [2.75, 3.05) is 20.7 Å². The van der Waals surface area contributed by atoms with E-state index in [9.17, 15) is 18.4 Å². The standard InChI is InChI=1S/C14H13F2N3O4/c1-19(7-10(20)22-2)14(21)9-5-3-8(4-6-9)12-17-13(11(15)16)23-18-12/h3-6,11H,7H2,1-2H3. The molecular formula is C14H13F2N3O4. The van der Waals surface area contributed by atoms with Crippen LogP contribution in [0.25, 0.3) is 11.4 Å². The molecule has 2 rings (SSSR count). The molecule has 0 spiro atoms. The van der Waals surface area contributed by atoms with Gasteiger partial charge in [0.1, 0.15) is 6.54 Å². The number of esters is 1. The second-order valence-corrected chi connectivity index (χ2v) is 4.57. The smallest absolute Gasteiger partial charge is 0.325 e. The van der Waals surface area contributed by atoms with Gasteiger partial charge in [-0.2, -0.15) is 13.8 Å². The molecule has 0 aliphatic rings. The number of methoxy groups -OCH3 is 1. The maximum absolute atomic E-state index is 12.4. The summed E-state index contributed by atoms with van der Waals surface area (Å²) < 4.78 is 33.7. The highest BCUT2D eigenvalue weighted by Gasteiger charge is 2.18. The molecule has 1 amide bonds. The number of aromatic nitrogens is 2. The molecule has 0 aliphatic carbocycles. The van der Waals surface area contributed by atoms with E-state index in [-0.39, 0.29) is 18.3 Å². The van der Waals surface area contributed by atoms with Crippen LogP contribution in [0.4, 0.5) is 8.78 Å². The van der Waals surface area contributed by atoms with E-state index >= 15 is 0 Å². The van der Waals surface area contributed by atoms with E-state index in [1.54, 1.807) is 0 Å². The number of alkyl halides is 2. The predicted molar refractivity (Wildman–Crippen MR) is 73.7 cm³/mol. The minimum absolute atomic E-state index is 0.00205. The molecule has 1 heterocycles. The lowest BCUT2D eigenvalue weighted by Gasteiger charge is -2.15. The zero-order valence-electron chi connectivity index (χ0n) is 12.3. The Morgan fingerprint density at radius 3 is 2.48 bits per heavy atom. The van der Waals surface area contributed by atoms with E-state index in [2.05, 4.69) is 19.4 Å². The maximum Gasteiger partial charge on any atom is 0.325 e. The molecule has 2 aromatic rings. The van der Waals surface area contributed by atoms with Crippen molar-refractivity contribution >= 4 is 11.9 Å². The Bertz CT molecular complexity index is 700. The molecule has 0 N–H and O–H groups in total. The zero-order valence-corrected chi connectivity index (χ0v) is 12.3. The number of likely N-dealkylation sites (N-methyl/N-ethyl adjacent to an activating group) is 1. The molecule has 9 heteroatoms. The molecular weight excluding hydrogens is 312 g/mol. The van der Waals surface area contributed by atoms with E-state index in [1.165, 1.54) is 43.3 Å². The Kier molecular flexibility index (Phi) is 4.99. The molecule has 7 nitrogen and oxygen atoms in total. The molecule has 0 saturated heterocycles. The van der Waals surface area contributed by atoms with Crippen molar-refractivity contribution in [3.63, 3.8) is 0 Å². The minimum Gasteiger partial charge on any atom is -0.468 e. The third kappa shape index (κ3) is 3.87. The first-order valence-electron chi connectivity index (χ1n) is 6.47. The highest BCUT2D eigenvalue weighted by Crippen LogP contribution is 2.22. The second-order valence-electron chi connectivity index (χ2n) is 4.57. The molecule has 1 aromatic carbocycles. The predicted octanol–water partition coefficient (Wildman–Crippen LogP) is 1.92. The van der Waals surface area contributed by atoms with Gasteiger partial charge in [-0.1, -0.05) is 17.3 Å².